The molecule has 1 aromatic heterocycles. The van der Waals surface area contributed by atoms with E-state index in [0.717, 1.165) is 5.82 Å². The van der Waals surface area contributed by atoms with Crippen molar-refractivity contribution >= 4 is 5.97 Å². The Kier molecular flexibility index (Phi) is 3.22. The van der Waals surface area contributed by atoms with E-state index < -0.39 is 5.97 Å². The van der Waals surface area contributed by atoms with E-state index in [1.165, 1.54) is 6.33 Å². The molecule has 0 aliphatic rings. The van der Waals surface area contributed by atoms with E-state index in [-0.39, 0.29) is 18.4 Å². The van der Waals surface area contributed by atoms with Crippen LogP contribution in [0.4, 0.5) is 0 Å². The molecule has 1 N–H and O–H groups in total. The Labute approximate surface area is 82.8 Å². The van der Waals surface area contributed by atoms with Gasteiger partial charge >= 0.3 is 5.97 Å². The molecular weight excluding hydrogens is 182 g/mol. The third-order valence-corrected chi connectivity index (χ3v) is 2.01. The summed E-state index contributed by atoms with van der Waals surface area (Å²) in [6.07, 6.45) is 1.55. The minimum Gasteiger partial charge on any atom is -0.481 e. The Morgan fingerprint density at radius 2 is 2.21 bits per heavy atom. The number of hydrogen-bond acceptors (Lipinski definition) is 3. The van der Waals surface area contributed by atoms with E-state index in [1.807, 2.05) is 20.8 Å². The first-order chi connectivity index (χ1) is 6.52. The molecule has 0 radical (unpaired) electrons. The number of carbonyl (C=O) groups is 1. The number of aromatic nitrogens is 3. The largest absolute Gasteiger partial charge is 0.481 e. The maximum absolute atomic E-state index is 10.5. The van der Waals surface area contributed by atoms with E-state index in [4.69, 9.17) is 5.11 Å². The topological polar surface area (TPSA) is 68.0 Å². The van der Waals surface area contributed by atoms with E-state index in [1.54, 1.807) is 4.68 Å². The molecule has 78 valence electrons. The molecule has 5 heteroatoms. The number of carboxylic acid groups (broad SMARTS) is 1. The molecule has 0 saturated carbocycles. The highest BCUT2D eigenvalue weighted by atomic mass is 16.4. The Morgan fingerprint density at radius 3 is 2.71 bits per heavy atom. The van der Waals surface area contributed by atoms with Gasteiger partial charge in [-0.15, -0.1) is 0 Å². The Morgan fingerprint density at radius 1 is 1.57 bits per heavy atom. The number of rotatable bonds is 4. The fourth-order valence-corrected chi connectivity index (χ4v) is 1.36. The Hall–Kier alpha value is -1.39. The van der Waals surface area contributed by atoms with Gasteiger partial charge in [0.1, 0.15) is 12.2 Å². The highest BCUT2D eigenvalue weighted by Crippen LogP contribution is 2.18. The van der Waals surface area contributed by atoms with Gasteiger partial charge in [0.15, 0.2) is 0 Å². The summed E-state index contributed by atoms with van der Waals surface area (Å²) in [5.74, 6) is -0.171. The second kappa shape index (κ2) is 4.21. The molecule has 1 aromatic rings. The molecule has 0 aromatic carbocycles. The lowest BCUT2D eigenvalue weighted by atomic mass is 10.1. The molecule has 14 heavy (non-hydrogen) atoms. The van der Waals surface area contributed by atoms with Gasteiger partial charge in [-0.05, 0) is 13.8 Å². The number of hydrogen-bond donors (Lipinski definition) is 1. The van der Waals surface area contributed by atoms with Crippen LogP contribution in [0.25, 0.3) is 0 Å². The first-order valence-electron chi connectivity index (χ1n) is 4.63. The summed E-state index contributed by atoms with van der Waals surface area (Å²) in [5, 5.41) is 12.7. The number of nitrogens with zero attached hydrogens (tertiary/aromatic N) is 3. The van der Waals surface area contributed by atoms with Crippen LogP contribution in [-0.2, 0) is 4.79 Å². The average Bonchev–Trinajstić information content (AvgIpc) is 2.49. The molecular formula is C9H15N3O2. The molecule has 0 bridgehead atoms. The van der Waals surface area contributed by atoms with E-state index in [9.17, 15) is 4.79 Å². The third-order valence-electron chi connectivity index (χ3n) is 2.01. The molecule has 0 aliphatic heterocycles. The molecule has 1 unspecified atom stereocenters. The number of aliphatic carboxylic acids is 1. The Bertz CT molecular complexity index is 320. The fourth-order valence-electron chi connectivity index (χ4n) is 1.36. The van der Waals surface area contributed by atoms with Crippen molar-refractivity contribution in [3.8, 4) is 0 Å². The third kappa shape index (κ3) is 2.31. The molecule has 0 fully saturated rings. The highest BCUT2D eigenvalue weighted by Gasteiger charge is 2.17. The second-order valence-electron chi connectivity index (χ2n) is 3.66. The molecule has 0 aliphatic carbocycles. The van der Waals surface area contributed by atoms with Gasteiger partial charge in [0, 0.05) is 12.0 Å². The van der Waals surface area contributed by atoms with Crippen LogP contribution in [0.1, 0.15) is 45.0 Å². The second-order valence-corrected chi connectivity index (χ2v) is 3.66. The zero-order valence-corrected chi connectivity index (χ0v) is 8.64. The zero-order chi connectivity index (χ0) is 10.7. The predicted octanol–water partition coefficient (Wildman–Crippen LogP) is 1.44. The summed E-state index contributed by atoms with van der Waals surface area (Å²) in [5.41, 5.74) is 0. The summed E-state index contributed by atoms with van der Waals surface area (Å²) in [6.45, 7) is 5.83. The fraction of sp³-hybridized carbons (Fsp3) is 0.667. The van der Waals surface area contributed by atoms with Gasteiger partial charge in [-0.25, -0.2) is 9.67 Å². The van der Waals surface area contributed by atoms with Crippen molar-refractivity contribution in [1.29, 1.82) is 0 Å². The minimum atomic E-state index is -0.809. The van der Waals surface area contributed by atoms with Crippen LogP contribution in [0.2, 0.25) is 0 Å². The summed E-state index contributed by atoms with van der Waals surface area (Å²) in [7, 11) is 0. The van der Waals surface area contributed by atoms with Crippen LogP contribution >= 0.6 is 0 Å². The van der Waals surface area contributed by atoms with Crippen LogP contribution in [0.15, 0.2) is 6.33 Å². The van der Waals surface area contributed by atoms with Crippen molar-refractivity contribution in [2.45, 2.75) is 39.2 Å². The van der Waals surface area contributed by atoms with Gasteiger partial charge < -0.3 is 5.11 Å². The van der Waals surface area contributed by atoms with Gasteiger partial charge in [-0.2, -0.15) is 5.10 Å². The van der Waals surface area contributed by atoms with Crippen LogP contribution < -0.4 is 0 Å². The van der Waals surface area contributed by atoms with Gasteiger partial charge in [0.05, 0.1) is 6.42 Å². The van der Waals surface area contributed by atoms with Gasteiger partial charge in [0.25, 0.3) is 0 Å². The van der Waals surface area contributed by atoms with Crippen LogP contribution in [-0.4, -0.2) is 25.8 Å². The maximum atomic E-state index is 10.5. The monoisotopic (exact) mass is 197 g/mol. The van der Waals surface area contributed by atoms with Crippen LogP contribution in [0.3, 0.4) is 0 Å². The molecule has 0 spiro atoms. The SMILES string of the molecule is CC(CC(=O)O)c1ncnn1C(C)C. The zero-order valence-electron chi connectivity index (χ0n) is 8.64. The quantitative estimate of drug-likeness (QED) is 0.793. The van der Waals surface area contributed by atoms with Crippen molar-refractivity contribution in [3.05, 3.63) is 12.2 Å². The summed E-state index contributed by atoms with van der Waals surface area (Å²) >= 11 is 0. The van der Waals surface area contributed by atoms with Crippen molar-refractivity contribution in [2.24, 2.45) is 0 Å². The van der Waals surface area contributed by atoms with Crippen molar-refractivity contribution < 1.29 is 9.90 Å². The van der Waals surface area contributed by atoms with E-state index in [0.29, 0.717) is 0 Å². The first kappa shape index (κ1) is 10.7. The molecule has 1 heterocycles. The van der Waals surface area contributed by atoms with Crippen molar-refractivity contribution in [2.75, 3.05) is 0 Å². The molecule has 5 nitrogen and oxygen atoms in total. The van der Waals surface area contributed by atoms with Crippen LogP contribution in [0, 0.1) is 0 Å². The summed E-state index contributed by atoms with van der Waals surface area (Å²) in [6, 6.07) is 0.212. The van der Waals surface area contributed by atoms with E-state index in [2.05, 4.69) is 10.1 Å². The molecule has 1 atom stereocenters. The minimum absolute atomic E-state index is 0.0887. The standard InChI is InChI=1S/C9H15N3O2/c1-6(2)12-9(10-5-11-12)7(3)4-8(13)14/h5-7H,4H2,1-3H3,(H,13,14). The lowest BCUT2D eigenvalue weighted by Gasteiger charge is -2.13. The first-order valence-corrected chi connectivity index (χ1v) is 4.63. The van der Waals surface area contributed by atoms with E-state index >= 15 is 0 Å². The summed E-state index contributed by atoms with van der Waals surface area (Å²) < 4.78 is 1.76. The van der Waals surface area contributed by atoms with Gasteiger partial charge in [0.2, 0.25) is 0 Å². The molecule has 1 rings (SSSR count). The Balaban J connectivity index is 2.83. The smallest absolute Gasteiger partial charge is 0.304 e. The average molecular weight is 197 g/mol. The van der Waals surface area contributed by atoms with Gasteiger partial charge in [-0.1, -0.05) is 6.92 Å². The number of carboxylic acids is 1. The summed E-state index contributed by atoms with van der Waals surface area (Å²) in [4.78, 5) is 14.6. The normalized spacial score (nSPS) is 13.1. The van der Waals surface area contributed by atoms with Crippen molar-refractivity contribution in [1.82, 2.24) is 14.8 Å². The highest BCUT2D eigenvalue weighted by molar-refractivity contribution is 5.67. The van der Waals surface area contributed by atoms with Crippen LogP contribution in [0.5, 0.6) is 0 Å². The molecule has 0 saturated heterocycles. The van der Waals surface area contributed by atoms with Crippen molar-refractivity contribution in [3.63, 3.8) is 0 Å². The van der Waals surface area contributed by atoms with Gasteiger partial charge in [-0.3, -0.25) is 4.79 Å². The lowest BCUT2D eigenvalue weighted by molar-refractivity contribution is -0.137. The lowest BCUT2D eigenvalue weighted by Crippen LogP contribution is -2.13. The predicted molar refractivity (Wildman–Crippen MR) is 51.1 cm³/mol. The maximum Gasteiger partial charge on any atom is 0.304 e. The molecule has 0 amide bonds.